The first-order valence-electron chi connectivity index (χ1n) is 9.94. The summed E-state index contributed by atoms with van der Waals surface area (Å²) in [5.41, 5.74) is 3.54. The second-order valence-corrected chi connectivity index (χ2v) is 7.39. The standard InChI is InChI=1S/C23H29N3O2/c1-3-18-9-11-20(12-10-18)16-25(2)22(27)15-21-23(28)24-13-14-26(21)17-19-7-5-4-6-8-19/h4-12,21H,3,13-17H2,1-2H3,(H,24,28). The van der Waals surface area contributed by atoms with Crippen LogP contribution in [0, 0.1) is 0 Å². The quantitative estimate of drug-likeness (QED) is 0.805. The lowest BCUT2D eigenvalue weighted by atomic mass is 10.1. The summed E-state index contributed by atoms with van der Waals surface area (Å²) in [7, 11) is 1.80. The smallest absolute Gasteiger partial charge is 0.237 e. The largest absolute Gasteiger partial charge is 0.353 e. The number of carbonyl (C=O) groups is 2. The predicted molar refractivity (Wildman–Crippen MR) is 111 cm³/mol. The van der Waals surface area contributed by atoms with E-state index in [1.807, 2.05) is 18.2 Å². The number of rotatable bonds is 7. The number of carbonyl (C=O) groups excluding carboxylic acids is 2. The fourth-order valence-corrected chi connectivity index (χ4v) is 3.55. The molecule has 1 fully saturated rings. The Hall–Kier alpha value is -2.66. The molecule has 1 unspecified atom stereocenters. The number of nitrogens with zero attached hydrogens (tertiary/aromatic N) is 2. The zero-order valence-electron chi connectivity index (χ0n) is 16.7. The molecule has 1 heterocycles. The Balaban J connectivity index is 1.62. The van der Waals surface area contributed by atoms with Gasteiger partial charge in [0.2, 0.25) is 11.8 Å². The number of benzene rings is 2. The van der Waals surface area contributed by atoms with Crippen molar-refractivity contribution in [2.45, 2.75) is 38.9 Å². The molecule has 0 spiro atoms. The number of hydrogen-bond acceptors (Lipinski definition) is 3. The van der Waals surface area contributed by atoms with E-state index in [2.05, 4.69) is 53.5 Å². The van der Waals surface area contributed by atoms with Crippen LogP contribution in [0.2, 0.25) is 0 Å². The van der Waals surface area contributed by atoms with Gasteiger partial charge >= 0.3 is 0 Å². The highest BCUT2D eigenvalue weighted by molar-refractivity contribution is 5.88. The molecule has 2 aromatic rings. The Morgan fingerprint density at radius 1 is 1.07 bits per heavy atom. The van der Waals surface area contributed by atoms with E-state index in [-0.39, 0.29) is 18.2 Å². The van der Waals surface area contributed by atoms with Crippen molar-refractivity contribution in [2.24, 2.45) is 0 Å². The maximum atomic E-state index is 12.8. The van der Waals surface area contributed by atoms with E-state index in [1.165, 1.54) is 5.56 Å². The lowest BCUT2D eigenvalue weighted by Crippen LogP contribution is -2.56. The highest BCUT2D eigenvalue weighted by atomic mass is 16.2. The van der Waals surface area contributed by atoms with Gasteiger partial charge in [-0.15, -0.1) is 0 Å². The molecule has 2 amide bonds. The molecule has 1 saturated heterocycles. The van der Waals surface area contributed by atoms with Gasteiger partial charge in [-0.1, -0.05) is 61.5 Å². The minimum absolute atomic E-state index is 0.0142. The Bertz CT molecular complexity index is 789. The maximum absolute atomic E-state index is 12.8. The summed E-state index contributed by atoms with van der Waals surface area (Å²) in [6, 6.07) is 18.0. The molecule has 1 aliphatic rings. The van der Waals surface area contributed by atoms with E-state index in [4.69, 9.17) is 0 Å². The fraction of sp³-hybridized carbons (Fsp3) is 0.391. The van der Waals surface area contributed by atoms with Gasteiger partial charge in [0.25, 0.3) is 0 Å². The zero-order valence-corrected chi connectivity index (χ0v) is 16.7. The molecule has 2 aromatic carbocycles. The third kappa shape index (κ3) is 5.20. The molecule has 3 rings (SSSR count). The van der Waals surface area contributed by atoms with Crippen LogP contribution in [0.4, 0.5) is 0 Å². The SMILES string of the molecule is CCc1ccc(CN(C)C(=O)CC2C(=O)NCCN2Cc2ccccc2)cc1. The van der Waals surface area contributed by atoms with Crippen molar-refractivity contribution in [1.29, 1.82) is 0 Å². The maximum Gasteiger partial charge on any atom is 0.237 e. The number of amides is 2. The number of hydrogen-bond donors (Lipinski definition) is 1. The first kappa shape index (κ1) is 20.1. The minimum Gasteiger partial charge on any atom is -0.353 e. The van der Waals surface area contributed by atoms with Crippen LogP contribution < -0.4 is 5.32 Å². The summed E-state index contributed by atoms with van der Waals surface area (Å²) >= 11 is 0. The molecule has 1 aliphatic heterocycles. The number of piperazine rings is 1. The van der Waals surface area contributed by atoms with Crippen molar-refractivity contribution in [1.82, 2.24) is 15.1 Å². The monoisotopic (exact) mass is 379 g/mol. The Labute approximate surface area is 167 Å². The first-order valence-corrected chi connectivity index (χ1v) is 9.94. The molecule has 5 nitrogen and oxygen atoms in total. The first-order chi connectivity index (χ1) is 13.6. The van der Waals surface area contributed by atoms with Gasteiger partial charge in [-0.2, -0.15) is 0 Å². The van der Waals surface area contributed by atoms with Crippen LogP contribution in [0.15, 0.2) is 54.6 Å². The van der Waals surface area contributed by atoms with Gasteiger partial charge in [0, 0.05) is 33.2 Å². The van der Waals surface area contributed by atoms with Crippen LogP contribution >= 0.6 is 0 Å². The molecule has 0 radical (unpaired) electrons. The molecule has 0 bridgehead atoms. The fourth-order valence-electron chi connectivity index (χ4n) is 3.55. The number of nitrogens with one attached hydrogen (secondary N) is 1. The van der Waals surface area contributed by atoms with Crippen LogP contribution in [0.3, 0.4) is 0 Å². The van der Waals surface area contributed by atoms with Crippen molar-refractivity contribution >= 4 is 11.8 Å². The van der Waals surface area contributed by atoms with Gasteiger partial charge in [0.05, 0.1) is 12.5 Å². The van der Waals surface area contributed by atoms with E-state index < -0.39 is 6.04 Å². The van der Waals surface area contributed by atoms with Crippen molar-refractivity contribution in [3.05, 3.63) is 71.3 Å². The average molecular weight is 380 g/mol. The molecule has 28 heavy (non-hydrogen) atoms. The van der Waals surface area contributed by atoms with Crippen LogP contribution in [-0.2, 0) is 29.1 Å². The van der Waals surface area contributed by atoms with Gasteiger partial charge in [-0.05, 0) is 23.1 Å². The lowest BCUT2D eigenvalue weighted by Gasteiger charge is -2.35. The summed E-state index contributed by atoms with van der Waals surface area (Å²) < 4.78 is 0. The summed E-state index contributed by atoms with van der Waals surface area (Å²) in [6.07, 6.45) is 1.20. The Kier molecular flexibility index (Phi) is 6.82. The second kappa shape index (κ2) is 9.51. The molecule has 1 N–H and O–H groups in total. The Morgan fingerprint density at radius 2 is 1.75 bits per heavy atom. The van der Waals surface area contributed by atoms with Gasteiger partial charge in [-0.25, -0.2) is 0 Å². The van der Waals surface area contributed by atoms with E-state index in [0.717, 1.165) is 24.1 Å². The van der Waals surface area contributed by atoms with Crippen LogP contribution in [0.1, 0.15) is 30.0 Å². The van der Waals surface area contributed by atoms with E-state index >= 15 is 0 Å². The van der Waals surface area contributed by atoms with Gasteiger partial charge in [-0.3, -0.25) is 14.5 Å². The highest BCUT2D eigenvalue weighted by Crippen LogP contribution is 2.16. The van der Waals surface area contributed by atoms with E-state index in [0.29, 0.717) is 19.6 Å². The van der Waals surface area contributed by atoms with Gasteiger partial charge in [0.1, 0.15) is 0 Å². The van der Waals surface area contributed by atoms with Crippen molar-refractivity contribution in [3.8, 4) is 0 Å². The van der Waals surface area contributed by atoms with Crippen molar-refractivity contribution < 1.29 is 9.59 Å². The molecule has 1 atom stereocenters. The van der Waals surface area contributed by atoms with Crippen LogP contribution in [-0.4, -0.2) is 47.8 Å². The van der Waals surface area contributed by atoms with Gasteiger partial charge in [0.15, 0.2) is 0 Å². The summed E-state index contributed by atoms with van der Waals surface area (Å²) in [4.78, 5) is 29.1. The molecular weight excluding hydrogens is 350 g/mol. The highest BCUT2D eigenvalue weighted by Gasteiger charge is 2.32. The average Bonchev–Trinajstić information content (AvgIpc) is 2.71. The van der Waals surface area contributed by atoms with E-state index in [9.17, 15) is 9.59 Å². The molecule has 0 aliphatic carbocycles. The van der Waals surface area contributed by atoms with Gasteiger partial charge < -0.3 is 10.2 Å². The summed E-state index contributed by atoms with van der Waals surface area (Å²) in [6.45, 7) is 4.72. The number of aryl methyl sites for hydroxylation is 1. The molecule has 0 aromatic heterocycles. The normalized spacial score (nSPS) is 17.2. The second-order valence-electron chi connectivity index (χ2n) is 7.39. The van der Waals surface area contributed by atoms with Crippen molar-refractivity contribution in [2.75, 3.05) is 20.1 Å². The topological polar surface area (TPSA) is 52.7 Å². The third-order valence-corrected chi connectivity index (χ3v) is 5.31. The van der Waals surface area contributed by atoms with Crippen molar-refractivity contribution in [3.63, 3.8) is 0 Å². The minimum atomic E-state index is -0.425. The predicted octanol–water partition coefficient (Wildman–Crippen LogP) is 2.60. The molecular formula is C23H29N3O2. The lowest BCUT2D eigenvalue weighted by molar-refractivity contribution is -0.138. The summed E-state index contributed by atoms with van der Waals surface area (Å²) in [5.74, 6) is -0.0732. The van der Waals surface area contributed by atoms with Crippen LogP contribution in [0.5, 0.6) is 0 Å². The zero-order chi connectivity index (χ0) is 19.9. The summed E-state index contributed by atoms with van der Waals surface area (Å²) in [5, 5.41) is 2.90. The molecule has 0 saturated carbocycles. The van der Waals surface area contributed by atoms with E-state index in [1.54, 1.807) is 11.9 Å². The molecule has 5 heteroatoms. The Morgan fingerprint density at radius 3 is 2.43 bits per heavy atom. The van der Waals surface area contributed by atoms with Crippen LogP contribution in [0.25, 0.3) is 0 Å². The third-order valence-electron chi connectivity index (χ3n) is 5.31. The molecule has 148 valence electrons.